The predicted octanol–water partition coefficient (Wildman–Crippen LogP) is 4.35. The summed E-state index contributed by atoms with van der Waals surface area (Å²) < 4.78 is 29.7. The summed E-state index contributed by atoms with van der Waals surface area (Å²) in [5.74, 6) is 0.707. The van der Waals surface area contributed by atoms with Crippen LogP contribution in [0.1, 0.15) is 0 Å². The van der Waals surface area contributed by atoms with Crippen LogP contribution in [-0.4, -0.2) is 30.9 Å². The van der Waals surface area contributed by atoms with Gasteiger partial charge in [-0.15, -0.1) is 0 Å². The van der Waals surface area contributed by atoms with Crippen LogP contribution in [0, 0.1) is 0 Å². The van der Waals surface area contributed by atoms with Gasteiger partial charge in [-0.05, 0) is 42.5 Å². The highest BCUT2D eigenvalue weighted by atomic mass is 32.2. The second kappa shape index (κ2) is 8.29. The summed E-state index contributed by atoms with van der Waals surface area (Å²) >= 11 is 0. The number of rotatable bonds is 5. The molecule has 0 unspecified atom stereocenters. The van der Waals surface area contributed by atoms with Crippen molar-refractivity contribution < 1.29 is 22.8 Å². The summed E-state index contributed by atoms with van der Waals surface area (Å²) in [5.41, 5.74) is 7.82. The maximum absolute atomic E-state index is 11.8. The quantitative estimate of drug-likeness (QED) is 0.344. The van der Waals surface area contributed by atoms with E-state index in [-0.39, 0.29) is 16.5 Å². The smallest absolute Gasteiger partial charge is 0.343 e. The van der Waals surface area contributed by atoms with Crippen LogP contribution < -0.4 is 10.8 Å². The van der Waals surface area contributed by atoms with E-state index < -0.39 is 15.9 Å². The molecule has 162 valence electrons. The van der Waals surface area contributed by atoms with Gasteiger partial charge in [-0.1, -0.05) is 36.4 Å². The highest BCUT2D eigenvalue weighted by Gasteiger charge is 2.20. The van der Waals surface area contributed by atoms with E-state index in [0.717, 1.165) is 11.8 Å². The second-order valence-corrected chi connectivity index (χ2v) is 9.08. The monoisotopic (exact) mass is 449 g/mol. The number of aromatic nitrogens is 1. The standard InChI is InChI=1S/C23H19N3O5S/c1-32(29,30)19-12-10-16(11-13-19)21-20(15-6-3-2-4-7-15)25-22(31-21)17-8-5-9-18(14-17)26(28)23(24)27/h2-14,28H,1H3,(H2,24,27). The Balaban J connectivity index is 1.85. The maximum atomic E-state index is 11.8. The summed E-state index contributed by atoms with van der Waals surface area (Å²) in [6, 6.07) is 21.1. The lowest BCUT2D eigenvalue weighted by Gasteiger charge is -2.12. The van der Waals surface area contributed by atoms with Crippen molar-refractivity contribution in [3.05, 3.63) is 78.9 Å². The van der Waals surface area contributed by atoms with Gasteiger partial charge >= 0.3 is 6.03 Å². The fourth-order valence-corrected chi connectivity index (χ4v) is 3.81. The van der Waals surface area contributed by atoms with E-state index in [9.17, 15) is 18.4 Å². The number of nitrogens with zero attached hydrogens (tertiary/aromatic N) is 2. The first-order valence-corrected chi connectivity index (χ1v) is 11.4. The molecule has 8 nitrogen and oxygen atoms in total. The van der Waals surface area contributed by atoms with E-state index in [1.165, 1.54) is 24.3 Å². The van der Waals surface area contributed by atoms with Crippen molar-refractivity contribution in [1.82, 2.24) is 4.98 Å². The van der Waals surface area contributed by atoms with Crippen molar-refractivity contribution in [3.63, 3.8) is 0 Å². The Morgan fingerprint density at radius 1 is 0.938 bits per heavy atom. The number of carbonyl (C=O) groups is 1. The zero-order valence-corrected chi connectivity index (χ0v) is 17.8. The molecule has 2 amide bonds. The van der Waals surface area contributed by atoms with Crippen LogP contribution in [0.15, 0.2) is 88.2 Å². The van der Waals surface area contributed by atoms with Crippen LogP contribution in [0.25, 0.3) is 34.0 Å². The summed E-state index contributed by atoms with van der Waals surface area (Å²) in [6.07, 6.45) is 1.15. The van der Waals surface area contributed by atoms with Crippen LogP contribution in [0.5, 0.6) is 0 Å². The number of primary amides is 1. The van der Waals surface area contributed by atoms with E-state index in [1.54, 1.807) is 24.3 Å². The average Bonchev–Trinajstić information content (AvgIpc) is 3.24. The summed E-state index contributed by atoms with van der Waals surface area (Å²) in [6.45, 7) is 0. The topological polar surface area (TPSA) is 127 Å². The number of sulfone groups is 1. The number of nitrogens with two attached hydrogens (primary N) is 1. The predicted molar refractivity (Wildman–Crippen MR) is 120 cm³/mol. The number of anilines is 1. The Bertz CT molecular complexity index is 1380. The second-order valence-electron chi connectivity index (χ2n) is 7.06. The molecule has 4 rings (SSSR count). The third-order valence-corrected chi connectivity index (χ3v) is 5.89. The Morgan fingerprint density at radius 3 is 2.22 bits per heavy atom. The van der Waals surface area contributed by atoms with Gasteiger partial charge in [0.15, 0.2) is 15.6 Å². The van der Waals surface area contributed by atoms with Crippen molar-refractivity contribution in [3.8, 4) is 34.0 Å². The zero-order valence-electron chi connectivity index (χ0n) is 17.0. The van der Waals surface area contributed by atoms with Gasteiger partial charge in [0, 0.05) is 22.9 Å². The lowest BCUT2D eigenvalue weighted by molar-refractivity contribution is 0.212. The molecule has 32 heavy (non-hydrogen) atoms. The van der Waals surface area contributed by atoms with E-state index in [4.69, 9.17) is 10.2 Å². The Kier molecular flexibility index (Phi) is 5.52. The molecule has 0 fully saturated rings. The lowest BCUT2D eigenvalue weighted by Crippen LogP contribution is -2.32. The van der Waals surface area contributed by atoms with E-state index in [0.29, 0.717) is 27.6 Å². The highest BCUT2D eigenvalue weighted by Crippen LogP contribution is 2.37. The Morgan fingerprint density at radius 2 is 1.59 bits per heavy atom. The molecule has 0 saturated carbocycles. The maximum Gasteiger partial charge on any atom is 0.343 e. The lowest BCUT2D eigenvalue weighted by atomic mass is 10.1. The van der Waals surface area contributed by atoms with Crippen molar-refractivity contribution in [2.45, 2.75) is 4.90 Å². The molecule has 0 aliphatic carbocycles. The number of carbonyl (C=O) groups excluding carboxylic acids is 1. The Labute approximate surface area is 184 Å². The molecule has 1 aromatic heterocycles. The van der Waals surface area contributed by atoms with Crippen molar-refractivity contribution >= 4 is 21.6 Å². The third-order valence-electron chi connectivity index (χ3n) is 4.77. The number of hydroxylamine groups is 1. The van der Waals surface area contributed by atoms with Crippen LogP contribution in [0.3, 0.4) is 0 Å². The molecule has 0 saturated heterocycles. The third kappa shape index (κ3) is 4.25. The normalized spacial score (nSPS) is 11.3. The SMILES string of the molecule is CS(=O)(=O)c1ccc(-c2oc(-c3cccc(N(O)C(N)=O)c3)nc2-c2ccccc2)cc1. The van der Waals surface area contributed by atoms with Gasteiger partial charge in [0.1, 0.15) is 5.69 Å². The first-order chi connectivity index (χ1) is 15.2. The molecule has 0 aliphatic rings. The average molecular weight is 449 g/mol. The van der Waals surface area contributed by atoms with Crippen molar-refractivity contribution in [1.29, 1.82) is 0 Å². The van der Waals surface area contributed by atoms with Crippen LogP contribution >= 0.6 is 0 Å². The van der Waals surface area contributed by atoms with Gasteiger partial charge in [-0.2, -0.15) is 5.06 Å². The molecule has 0 radical (unpaired) electrons. The minimum Gasteiger partial charge on any atom is -0.435 e. The van der Waals surface area contributed by atoms with Crippen LogP contribution in [-0.2, 0) is 9.84 Å². The van der Waals surface area contributed by atoms with E-state index >= 15 is 0 Å². The molecular weight excluding hydrogens is 430 g/mol. The molecule has 4 aromatic rings. The fourth-order valence-electron chi connectivity index (χ4n) is 3.18. The van der Waals surface area contributed by atoms with Crippen molar-refractivity contribution in [2.75, 3.05) is 11.3 Å². The number of urea groups is 1. The van der Waals surface area contributed by atoms with Gasteiger partial charge in [0.25, 0.3) is 0 Å². The van der Waals surface area contributed by atoms with Gasteiger partial charge in [-0.25, -0.2) is 18.2 Å². The molecule has 3 aromatic carbocycles. The summed E-state index contributed by atoms with van der Waals surface area (Å²) in [4.78, 5) is 16.1. The minimum absolute atomic E-state index is 0.161. The first kappa shape index (κ1) is 21.3. The molecule has 0 aliphatic heterocycles. The Hall–Kier alpha value is -3.95. The van der Waals surface area contributed by atoms with Gasteiger partial charge in [0.05, 0.1) is 10.6 Å². The number of amides is 2. The van der Waals surface area contributed by atoms with Gasteiger partial charge < -0.3 is 10.2 Å². The molecule has 0 spiro atoms. The van der Waals surface area contributed by atoms with Crippen LogP contribution in [0.2, 0.25) is 0 Å². The number of benzene rings is 3. The molecular formula is C23H19N3O5S. The fraction of sp³-hybridized carbons (Fsp3) is 0.0435. The number of oxazole rings is 1. The largest absolute Gasteiger partial charge is 0.435 e. The number of hydrogen-bond donors (Lipinski definition) is 2. The van der Waals surface area contributed by atoms with Gasteiger partial charge in [-0.3, -0.25) is 5.21 Å². The van der Waals surface area contributed by atoms with E-state index in [2.05, 4.69) is 4.98 Å². The zero-order chi connectivity index (χ0) is 22.9. The highest BCUT2D eigenvalue weighted by molar-refractivity contribution is 7.90. The van der Waals surface area contributed by atoms with Crippen LogP contribution in [0.4, 0.5) is 10.5 Å². The summed E-state index contributed by atoms with van der Waals surface area (Å²) in [5, 5.41) is 10.2. The molecule has 0 atom stereocenters. The molecule has 0 bridgehead atoms. The minimum atomic E-state index is -3.33. The van der Waals surface area contributed by atoms with Gasteiger partial charge in [0.2, 0.25) is 5.89 Å². The molecule has 9 heteroatoms. The first-order valence-electron chi connectivity index (χ1n) is 9.49. The van der Waals surface area contributed by atoms with E-state index in [1.807, 2.05) is 30.3 Å². The number of hydrogen-bond acceptors (Lipinski definition) is 6. The summed E-state index contributed by atoms with van der Waals surface area (Å²) in [7, 11) is -3.33. The molecule has 3 N–H and O–H groups in total. The van der Waals surface area contributed by atoms with Crippen molar-refractivity contribution in [2.24, 2.45) is 5.73 Å². The molecule has 1 heterocycles.